The fourth-order valence-corrected chi connectivity index (χ4v) is 2.14. The van der Waals surface area contributed by atoms with E-state index in [4.69, 9.17) is 0 Å². The Morgan fingerprint density at radius 2 is 2.04 bits per heavy atom. The van der Waals surface area contributed by atoms with Crippen molar-refractivity contribution in [2.45, 2.75) is 25.5 Å². The van der Waals surface area contributed by atoms with Crippen LogP contribution in [-0.4, -0.2) is 32.4 Å². The molecule has 0 aliphatic rings. The molecular formula is C16H20N4O2S. The van der Waals surface area contributed by atoms with E-state index < -0.39 is 4.92 Å². The second-order valence-electron chi connectivity index (χ2n) is 5.84. The molecule has 0 aliphatic carbocycles. The molecule has 1 aromatic carbocycles. The van der Waals surface area contributed by atoms with Crippen LogP contribution in [0.4, 0.5) is 11.5 Å². The normalized spacial score (nSPS) is 11.3. The van der Waals surface area contributed by atoms with Gasteiger partial charge in [-0.1, -0.05) is 12.1 Å². The number of nitrogens with zero attached hydrogens (tertiary/aromatic N) is 3. The van der Waals surface area contributed by atoms with Crippen LogP contribution >= 0.6 is 11.8 Å². The molecule has 0 fully saturated rings. The number of aromatic nitrogens is 2. The van der Waals surface area contributed by atoms with Gasteiger partial charge in [-0.05, 0) is 27.0 Å². The Morgan fingerprint density at radius 3 is 2.70 bits per heavy atom. The Hall–Kier alpha value is -2.15. The Kier molecular flexibility index (Phi) is 5.20. The second kappa shape index (κ2) is 6.95. The largest absolute Gasteiger partial charge is 0.369 e. The highest BCUT2D eigenvalue weighted by Gasteiger charge is 2.16. The number of hydrogen-bond acceptors (Lipinski definition) is 6. The number of hydrogen-bond donors (Lipinski definition) is 1. The standard InChI is InChI=1S/C16H20N4O2S/c1-11-8-14(17-10-16(2,3)23-4)19-15(18-11)12-6-5-7-13(9-12)20(21)22/h5-9H,10H2,1-4H3,(H,17,18,19). The third kappa shape index (κ3) is 4.66. The highest BCUT2D eigenvalue weighted by atomic mass is 32.2. The molecule has 0 saturated heterocycles. The minimum atomic E-state index is -0.417. The van der Waals surface area contributed by atoms with E-state index in [0.29, 0.717) is 11.4 Å². The first kappa shape index (κ1) is 17.2. The average molecular weight is 332 g/mol. The molecule has 2 rings (SSSR count). The maximum Gasteiger partial charge on any atom is 0.270 e. The summed E-state index contributed by atoms with van der Waals surface area (Å²) in [6.45, 7) is 6.95. The SMILES string of the molecule is CSC(C)(C)CNc1cc(C)nc(-c2cccc([N+](=O)[O-])c2)n1. The van der Waals surface area contributed by atoms with E-state index in [2.05, 4.69) is 35.4 Å². The van der Waals surface area contributed by atoms with Crippen molar-refractivity contribution in [2.24, 2.45) is 0 Å². The van der Waals surface area contributed by atoms with Crippen LogP contribution in [0.5, 0.6) is 0 Å². The monoisotopic (exact) mass is 332 g/mol. The first-order valence-electron chi connectivity index (χ1n) is 7.20. The van der Waals surface area contributed by atoms with Crippen LogP contribution in [0.3, 0.4) is 0 Å². The lowest BCUT2D eigenvalue weighted by atomic mass is 10.2. The lowest BCUT2D eigenvalue weighted by Gasteiger charge is -2.22. The van der Waals surface area contributed by atoms with Gasteiger partial charge in [-0.25, -0.2) is 9.97 Å². The van der Waals surface area contributed by atoms with Gasteiger partial charge in [-0.3, -0.25) is 10.1 Å². The Labute approximate surface area is 139 Å². The van der Waals surface area contributed by atoms with E-state index in [-0.39, 0.29) is 10.4 Å². The summed E-state index contributed by atoms with van der Waals surface area (Å²) >= 11 is 1.78. The molecule has 1 aromatic heterocycles. The lowest BCUT2D eigenvalue weighted by molar-refractivity contribution is -0.384. The number of nitro benzene ring substituents is 1. The average Bonchev–Trinajstić information content (AvgIpc) is 2.53. The quantitative estimate of drug-likeness (QED) is 0.638. The van der Waals surface area contributed by atoms with Crippen molar-refractivity contribution in [1.82, 2.24) is 9.97 Å². The molecule has 7 heteroatoms. The number of anilines is 1. The molecule has 23 heavy (non-hydrogen) atoms. The van der Waals surface area contributed by atoms with Crippen LogP contribution in [0.15, 0.2) is 30.3 Å². The van der Waals surface area contributed by atoms with Crippen molar-refractivity contribution in [3.8, 4) is 11.4 Å². The second-order valence-corrected chi connectivity index (χ2v) is 7.36. The molecule has 0 spiro atoms. The van der Waals surface area contributed by atoms with Crippen molar-refractivity contribution in [3.05, 3.63) is 46.1 Å². The maximum atomic E-state index is 10.9. The summed E-state index contributed by atoms with van der Waals surface area (Å²) in [6.07, 6.45) is 2.07. The fraction of sp³-hybridized carbons (Fsp3) is 0.375. The van der Waals surface area contributed by atoms with Gasteiger partial charge in [0.1, 0.15) is 5.82 Å². The molecule has 0 saturated carbocycles. The van der Waals surface area contributed by atoms with Crippen molar-refractivity contribution < 1.29 is 4.92 Å². The summed E-state index contributed by atoms with van der Waals surface area (Å²) in [6, 6.07) is 8.24. The predicted octanol–water partition coefficient (Wildman–Crippen LogP) is 3.91. The molecule has 0 bridgehead atoms. The van der Waals surface area contributed by atoms with Crippen molar-refractivity contribution in [3.63, 3.8) is 0 Å². The van der Waals surface area contributed by atoms with Gasteiger partial charge in [0.25, 0.3) is 5.69 Å². The van der Waals surface area contributed by atoms with Gasteiger partial charge >= 0.3 is 0 Å². The number of thioether (sulfide) groups is 1. The summed E-state index contributed by atoms with van der Waals surface area (Å²) in [5.41, 5.74) is 1.48. The summed E-state index contributed by atoms with van der Waals surface area (Å²) in [7, 11) is 0. The maximum absolute atomic E-state index is 10.9. The number of nitro groups is 1. The van der Waals surface area contributed by atoms with Crippen LogP contribution in [0.2, 0.25) is 0 Å². The molecule has 122 valence electrons. The minimum absolute atomic E-state index is 0.0330. The van der Waals surface area contributed by atoms with Crippen LogP contribution in [-0.2, 0) is 0 Å². The van der Waals surface area contributed by atoms with E-state index in [1.165, 1.54) is 12.1 Å². The van der Waals surface area contributed by atoms with Crippen molar-refractivity contribution >= 4 is 23.3 Å². The van der Waals surface area contributed by atoms with E-state index in [9.17, 15) is 10.1 Å². The van der Waals surface area contributed by atoms with Gasteiger partial charge < -0.3 is 5.32 Å². The Balaban J connectivity index is 2.30. The number of rotatable bonds is 6. The van der Waals surface area contributed by atoms with Gasteiger partial charge in [0.2, 0.25) is 0 Å². The number of non-ortho nitro benzene ring substituents is 1. The highest BCUT2D eigenvalue weighted by molar-refractivity contribution is 7.99. The minimum Gasteiger partial charge on any atom is -0.369 e. The first-order valence-corrected chi connectivity index (χ1v) is 8.43. The molecule has 0 atom stereocenters. The number of aryl methyl sites for hydroxylation is 1. The smallest absolute Gasteiger partial charge is 0.270 e. The molecule has 2 aromatic rings. The van der Waals surface area contributed by atoms with Gasteiger partial charge in [-0.2, -0.15) is 11.8 Å². The number of nitrogens with one attached hydrogen (secondary N) is 1. The Morgan fingerprint density at radius 1 is 1.30 bits per heavy atom. The molecule has 1 N–H and O–H groups in total. The number of benzene rings is 1. The zero-order valence-electron chi connectivity index (χ0n) is 13.7. The summed E-state index contributed by atoms with van der Waals surface area (Å²) in [4.78, 5) is 19.4. The van der Waals surface area contributed by atoms with Crippen LogP contribution in [0.25, 0.3) is 11.4 Å². The highest BCUT2D eigenvalue weighted by Crippen LogP contribution is 2.24. The van der Waals surface area contributed by atoms with Crippen molar-refractivity contribution in [1.29, 1.82) is 0 Å². The topological polar surface area (TPSA) is 81.0 Å². The molecule has 6 nitrogen and oxygen atoms in total. The van der Waals surface area contributed by atoms with Crippen LogP contribution in [0, 0.1) is 17.0 Å². The molecule has 0 radical (unpaired) electrons. The summed E-state index contributed by atoms with van der Waals surface area (Å²) in [5, 5.41) is 14.2. The third-order valence-corrected chi connectivity index (χ3v) is 4.67. The van der Waals surface area contributed by atoms with Crippen LogP contribution < -0.4 is 5.32 Å². The molecule has 0 unspecified atom stereocenters. The van der Waals surface area contributed by atoms with Gasteiger partial charge in [0.05, 0.1) is 4.92 Å². The summed E-state index contributed by atoms with van der Waals surface area (Å²) < 4.78 is 0.0878. The summed E-state index contributed by atoms with van der Waals surface area (Å²) in [5.74, 6) is 1.21. The Bertz CT molecular complexity index is 719. The molecule has 1 heterocycles. The van der Waals surface area contributed by atoms with E-state index in [0.717, 1.165) is 18.1 Å². The molecule has 0 amide bonds. The third-order valence-electron chi connectivity index (χ3n) is 3.42. The van der Waals surface area contributed by atoms with Crippen molar-refractivity contribution in [2.75, 3.05) is 18.1 Å². The first-order chi connectivity index (χ1) is 10.8. The zero-order chi connectivity index (χ0) is 17.0. The van der Waals surface area contributed by atoms with E-state index in [1.54, 1.807) is 23.9 Å². The lowest BCUT2D eigenvalue weighted by Crippen LogP contribution is -2.26. The fourth-order valence-electron chi connectivity index (χ4n) is 1.92. The molecular weight excluding hydrogens is 312 g/mol. The van der Waals surface area contributed by atoms with Gasteiger partial charge in [-0.15, -0.1) is 0 Å². The zero-order valence-corrected chi connectivity index (χ0v) is 14.5. The van der Waals surface area contributed by atoms with E-state index in [1.807, 2.05) is 13.0 Å². The van der Waals surface area contributed by atoms with Crippen LogP contribution in [0.1, 0.15) is 19.5 Å². The van der Waals surface area contributed by atoms with Gasteiger partial charge in [0.15, 0.2) is 5.82 Å². The molecule has 0 aliphatic heterocycles. The van der Waals surface area contributed by atoms with E-state index >= 15 is 0 Å². The van der Waals surface area contributed by atoms with Gasteiger partial charge in [0, 0.05) is 40.7 Å². The predicted molar refractivity (Wildman–Crippen MR) is 94.9 cm³/mol.